The van der Waals surface area contributed by atoms with Crippen LogP contribution in [0.5, 0.6) is 0 Å². The monoisotopic (exact) mass is 556 g/mol. The van der Waals surface area contributed by atoms with Gasteiger partial charge in [-0.25, -0.2) is 0 Å². The Kier molecular flexibility index (Phi) is 12.1. The molecule has 3 aromatic rings. The van der Waals surface area contributed by atoms with Crippen LogP contribution in [0.25, 0.3) is 0 Å². The topological polar surface area (TPSA) is 74.3 Å². The number of aryl methyl sites for hydroxylation is 2. The number of likely N-dealkylation sites (N-methyl/N-ethyl adjacent to an activating group) is 1. The highest BCUT2D eigenvalue weighted by Crippen LogP contribution is 2.14. The second-order valence-corrected chi connectivity index (χ2v) is 12.5. The van der Waals surface area contributed by atoms with Gasteiger partial charge in [-0.1, -0.05) is 68.4 Å². The minimum atomic E-state index is -0.685. The van der Waals surface area contributed by atoms with Gasteiger partial charge in [0.05, 0.1) is 6.04 Å². The fourth-order valence-electron chi connectivity index (χ4n) is 4.75. The van der Waals surface area contributed by atoms with Gasteiger partial charge in [0, 0.05) is 24.4 Å². The van der Waals surface area contributed by atoms with Crippen molar-refractivity contribution in [2.45, 2.75) is 84.3 Å². The van der Waals surface area contributed by atoms with E-state index in [1.54, 1.807) is 12.4 Å². The molecule has 6 heteroatoms. The largest absolute Gasteiger partial charge is 0.350 e. The highest BCUT2D eigenvalue weighted by atomic mass is 16.2. The minimum Gasteiger partial charge on any atom is -0.350 e. The van der Waals surface area contributed by atoms with E-state index in [-0.39, 0.29) is 11.8 Å². The summed E-state index contributed by atoms with van der Waals surface area (Å²) in [4.78, 5) is 33.5. The maximum absolute atomic E-state index is 13.8. The Hall–Kier alpha value is -3.51. The summed E-state index contributed by atoms with van der Waals surface area (Å²) in [6, 6.07) is 21.7. The van der Waals surface area contributed by atoms with E-state index in [0.717, 1.165) is 36.9 Å². The molecule has 2 unspecified atom stereocenters. The number of hydrogen-bond donors (Lipinski definition) is 2. The van der Waals surface area contributed by atoms with Crippen LogP contribution < -0.4 is 10.6 Å². The van der Waals surface area contributed by atoms with E-state index in [1.165, 1.54) is 11.1 Å². The number of benzene rings is 2. The summed E-state index contributed by atoms with van der Waals surface area (Å²) in [5.74, 6) is 0.219. The molecule has 1 aromatic heterocycles. The molecule has 41 heavy (non-hydrogen) atoms. The Bertz CT molecular complexity index is 1200. The highest BCUT2D eigenvalue weighted by molar-refractivity contribution is 5.90. The predicted molar refractivity (Wildman–Crippen MR) is 168 cm³/mol. The van der Waals surface area contributed by atoms with Gasteiger partial charge in [-0.05, 0) is 100 Å². The molecule has 0 spiro atoms. The molecule has 2 N–H and O–H groups in total. The number of amides is 2. The SMILES string of the molecule is CC(C)CCN(C)C(Cc1ccncc1)C(=O)NC(Cc1ccc(CCc2ccccc2)cc1)C(=O)NC(C)(C)C. The maximum Gasteiger partial charge on any atom is 0.243 e. The summed E-state index contributed by atoms with van der Waals surface area (Å²) in [5.41, 5.74) is 4.21. The van der Waals surface area contributed by atoms with Gasteiger partial charge in [0.1, 0.15) is 6.04 Å². The lowest BCUT2D eigenvalue weighted by molar-refractivity contribution is -0.132. The van der Waals surface area contributed by atoms with Gasteiger partial charge in [0.15, 0.2) is 0 Å². The number of nitrogens with zero attached hydrogens (tertiary/aromatic N) is 2. The van der Waals surface area contributed by atoms with Crippen molar-refractivity contribution >= 4 is 11.8 Å². The van der Waals surface area contributed by atoms with Gasteiger partial charge < -0.3 is 10.6 Å². The van der Waals surface area contributed by atoms with Gasteiger partial charge in [-0.2, -0.15) is 0 Å². The molecule has 2 atom stereocenters. The number of carbonyl (C=O) groups is 2. The Morgan fingerprint density at radius 2 is 1.34 bits per heavy atom. The number of aromatic nitrogens is 1. The van der Waals surface area contributed by atoms with Crippen LogP contribution in [0.1, 0.15) is 63.3 Å². The minimum absolute atomic E-state index is 0.137. The smallest absolute Gasteiger partial charge is 0.243 e. The molecule has 1 heterocycles. The molecule has 0 aliphatic rings. The lowest BCUT2D eigenvalue weighted by atomic mass is 9.98. The Morgan fingerprint density at radius 3 is 1.93 bits per heavy atom. The Morgan fingerprint density at radius 1 is 0.780 bits per heavy atom. The Balaban J connectivity index is 1.75. The first kappa shape index (κ1) is 32.0. The molecular formula is C35H48N4O2. The van der Waals surface area contributed by atoms with Crippen LogP contribution in [0, 0.1) is 5.92 Å². The summed E-state index contributed by atoms with van der Waals surface area (Å²) < 4.78 is 0. The standard InChI is InChI=1S/C35H48N4O2/c1-26(2)20-23-39(6)32(25-30-18-21-36-22-19-30)34(41)37-31(33(40)38-35(3,4)5)24-29-16-14-28(15-17-29)13-12-27-10-8-7-9-11-27/h7-11,14-19,21-22,26,31-32H,12-13,20,23-25H2,1-6H3,(H,37,41)(H,38,40). The van der Waals surface area contributed by atoms with Crippen molar-refractivity contribution in [1.29, 1.82) is 0 Å². The fraction of sp³-hybridized carbons (Fsp3) is 0.457. The zero-order chi connectivity index (χ0) is 29.8. The zero-order valence-corrected chi connectivity index (χ0v) is 25.7. The quantitative estimate of drug-likeness (QED) is 0.279. The number of pyridine rings is 1. The third-order valence-electron chi connectivity index (χ3n) is 7.21. The predicted octanol–water partition coefficient (Wildman–Crippen LogP) is 5.40. The normalized spacial score (nSPS) is 13.2. The van der Waals surface area contributed by atoms with Crippen LogP contribution in [0.15, 0.2) is 79.1 Å². The van der Waals surface area contributed by atoms with Crippen LogP contribution >= 0.6 is 0 Å². The summed E-state index contributed by atoms with van der Waals surface area (Å²) >= 11 is 0. The van der Waals surface area contributed by atoms with Crippen molar-refractivity contribution in [3.8, 4) is 0 Å². The summed E-state index contributed by atoms with van der Waals surface area (Å²) in [7, 11) is 1.99. The molecule has 220 valence electrons. The number of carbonyl (C=O) groups excluding carboxylic acids is 2. The number of rotatable bonds is 14. The van der Waals surface area contributed by atoms with Crippen LogP contribution in [0.3, 0.4) is 0 Å². The first-order chi connectivity index (χ1) is 19.5. The number of nitrogens with one attached hydrogen (secondary N) is 2. The summed E-state index contributed by atoms with van der Waals surface area (Å²) in [6.07, 6.45) is 7.39. The number of hydrogen-bond acceptors (Lipinski definition) is 4. The van der Waals surface area contributed by atoms with Crippen LogP contribution in [0.2, 0.25) is 0 Å². The lowest BCUT2D eigenvalue weighted by Gasteiger charge is -2.31. The van der Waals surface area contributed by atoms with Gasteiger partial charge in [-0.3, -0.25) is 19.5 Å². The second kappa shape index (κ2) is 15.5. The molecular weight excluding hydrogens is 508 g/mol. The molecule has 0 aliphatic heterocycles. The van der Waals surface area contributed by atoms with Gasteiger partial charge >= 0.3 is 0 Å². The van der Waals surface area contributed by atoms with E-state index in [1.807, 2.05) is 46.0 Å². The molecule has 0 saturated heterocycles. The first-order valence-electron chi connectivity index (χ1n) is 14.8. The molecule has 0 fully saturated rings. The molecule has 0 aliphatic carbocycles. The van der Waals surface area contributed by atoms with Gasteiger partial charge in [0.25, 0.3) is 0 Å². The lowest BCUT2D eigenvalue weighted by Crippen LogP contribution is -2.57. The maximum atomic E-state index is 13.8. The van der Waals surface area contributed by atoms with E-state index in [0.29, 0.717) is 18.8 Å². The molecule has 3 rings (SSSR count). The van der Waals surface area contributed by atoms with E-state index in [9.17, 15) is 9.59 Å². The third-order valence-corrected chi connectivity index (χ3v) is 7.21. The van der Waals surface area contributed by atoms with Crippen molar-refractivity contribution in [2.75, 3.05) is 13.6 Å². The molecule has 6 nitrogen and oxygen atoms in total. The van der Waals surface area contributed by atoms with Crippen LogP contribution in [0.4, 0.5) is 0 Å². The molecule has 2 aromatic carbocycles. The highest BCUT2D eigenvalue weighted by Gasteiger charge is 2.30. The summed E-state index contributed by atoms with van der Waals surface area (Å²) in [5, 5.41) is 6.21. The second-order valence-electron chi connectivity index (χ2n) is 12.5. The first-order valence-corrected chi connectivity index (χ1v) is 14.8. The average Bonchev–Trinajstić information content (AvgIpc) is 2.94. The van der Waals surface area contributed by atoms with Gasteiger partial charge in [-0.15, -0.1) is 0 Å². The zero-order valence-electron chi connectivity index (χ0n) is 25.7. The van der Waals surface area contributed by atoms with Crippen molar-refractivity contribution in [1.82, 2.24) is 20.5 Å². The third kappa shape index (κ3) is 11.5. The molecule has 0 bridgehead atoms. The fourth-order valence-corrected chi connectivity index (χ4v) is 4.75. The molecule has 0 saturated carbocycles. The molecule has 0 radical (unpaired) electrons. The summed E-state index contributed by atoms with van der Waals surface area (Å²) in [6.45, 7) is 11.0. The van der Waals surface area contributed by atoms with Crippen molar-refractivity contribution in [2.24, 2.45) is 5.92 Å². The van der Waals surface area contributed by atoms with Crippen molar-refractivity contribution in [3.63, 3.8) is 0 Å². The van der Waals surface area contributed by atoms with E-state index in [4.69, 9.17) is 0 Å². The average molecular weight is 557 g/mol. The van der Waals surface area contributed by atoms with Crippen LogP contribution in [-0.2, 0) is 35.3 Å². The van der Waals surface area contributed by atoms with Crippen LogP contribution in [-0.4, -0.2) is 52.9 Å². The molecule has 2 amide bonds. The Labute approximate surface area is 247 Å². The van der Waals surface area contributed by atoms with Gasteiger partial charge in [0.2, 0.25) is 11.8 Å². The van der Waals surface area contributed by atoms with Crippen molar-refractivity contribution in [3.05, 3.63) is 101 Å². The van der Waals surface area contributed by atoms with Crippen molar-refractivity contribution < 1.29 is 9.59 Å². The van der Waals surface area contributed by atoms with E-state index in [2.05, 4.69) is 82.9 Å². The van der Waals surface area contributed by atoms with E-state index >= 15 is 0 Å². The van der Waals surface area contributed by atoms with E-state index < -0.39 is 17.6 Å².